The highest BCUT2D eigenvalue weighted by Crippen LogP contribution is 2.34. The molecule has 0 heterocycles. The monoisotopic (exact) mass is 442 g/mol. The summed E-state index contributed by atoms with van der Waals surface area (Å²) in [5, 5.41) is 9.82. The van der Waals surface area contributed by atoms with Crippen LogP contribution in [-0.2, 0) is 20.2 Å². The van der Waals surface area contributed by atoms with Crippen molar-refractivity contribution in [3.05, 3.63) is 72.8 Å². The first-order valence-corrected chi connectivity index (χ1v) is 11.4. The second kappa shape index (κ2) is 7.26. The molecular formula is C20H14N2O6S2. The summed E-state index contributed by atoms with van der Waals surface area (Å²) in [7, 11) is -8.91. The Bertz CT molecular complexity index is 1540. The molecular weight excluding hydrogens is 428 g/mol. The fourth-order valence-corrected chi connectivity index (χ4v) is 4.64. The molecule has 0 atom stereocenters. The highest BCUT2D eigenvalue weighted by molar-refractivity contribution is 7.86. The normalized spacial score (nSPS) is 12.7. The summed E-state index contributed by atoms with van der Waals surface area (Å²) in [4.78, 5) is -0.544. The molecule has 4 aromatic carbocycles. The van der Waals surface area contributed by atoms with Gasteiger partial charge >= 0.3 is 0 Å². The van der Waals surface area contributed by atoms with E-state index in [2.05, 4.69) is 10.2 Å². The minimum Gasteiger partial charge on any atom is -0.282 e. The number of nitrogens with zero attached hydrogens (tertiary/aromatic N) is 2. The van der Waals surface area contributed by atoms with Gasteiger partial charge in [-0.15, -0.1) is 5.11 Å². The minimum atomic E-state index is -4.49. The van der Waals surface area contributed by atoms with Crippen LogP contribution in [0.5, 0.6) is 0 Å². The van der Waals surface area contributed by atoms with E-state index in [-0.39, 0.29) is 20.9 Å². The van der Waals surface area contributed by atoms with Gasteiger partial charge in [-0.1, -0.05) is 48.5 Å². The maximum absolute atomic E-state index is 11.8. The topological polar surface area (TPSA) is 133 Å². The second-order valence-corrected chi connectivity index (χ2v) is 9.22. The molecule has 8 nitrogen and oxygen atoms in total. The first kappa shape index (κ1) is 20.1. The molecule has 0 aliphatic rings. The van der Waals surface area contributed by atoms with E-state index in [1.807, 2.05) is 0 Å². The van der Waals surface area contributed by atoms with Gasteiger partial charge < -0.3 is 0 Å². The highest BCUT2D eigenvalue weighted by atomic mass is 32.2. The summed E-state index contributed by atoms with van der Waals surface area (Å²) in [6.07, 6.45) is 0. The van der Waals surface area contributed by atoms with Crippen LogP contribution in [0.4, 0.5) is 11.4 Å². The van der Waals surface area contributed by atoms with Gasteiger partial charge in [-0.25, -0.2) is 0 Å². The first-order chi connectivity index (χ1) is 14.1. The fourth-order valence-electron chi connectivity index (χ4n) is 3.21. The third-order valence-electron chi connectivity index (χ3n) is 4.50. The van der Waals surface area contributed by atoms with Crippen molar-refractivity contribution in [1.82, 2.24) is 0 Å². The van der Waals surface area contributed by atoms with Gasteiger partial charge in [0.25, 0.3) is 20.2 Å². The van der Waals surface area contributed by atoms with Crippen LogP contribution in [0.3, 0.4) is 0 Å². The lowest BCUT2D eigenvalue weighted by Gasteiger charge is -2.07. The smallest absolute Gasteiger partial charge is 0.282 e. The SMILES string of the molecule is O=S(=O)(O)c1cc(N=Nc2ccc(S(=O)(=O)O)c3ccccc23)cc2ccccc12. The zero-order chi connectivity index (χ0) is 21.5. The minimum absolute atomic E-state index is 0.185. The third-order valence-corrected chi connectivity index (χ3v) is 6.30. The van der Waals surface area contributed by atoms with E-state index in [0.29, 0.717) is 21.8 Å². The van der Waals surface area contributed by atoms with Crippen molar-refractivity contribution in [3.8, 4) is 0 Å². The molecule has 0 fully saturated rings. The molecule has 0 aromatic heterocycles. The molecule has 0 spiro atoms. The lowest BCUT2D eigenvalue weighted by Crippen LogP contribution is -1.99. The molecule has 2 N–H and O–H groups in total. The van der Waals surface area contributed by atoms with E-state index in [0.717, 1.165) is 0 Å². The molecule has 4 rings (SSSR count). The highest BCUT2D eigenvalue weighted by Gasteiger charge is 2.17. The second-order valence-electron chi connectivity index (χ2n) is 6.44. The average molecular weight is 442 g/mol. The van der Waals surface area contributed by atoms with Gasteiger partial charge in [-0.2, -0.15) is 21.9 Å². The number of azo groups is 1. The Morgan fingerprint density at radius 1 is 0.600 bits per heavy atom. The van der Waals surface area contributed by atoms with Crippen molar-refractivity contribution < 1.29 is 25.9 Å². The van der Waals surface area contributed by atoms with Crippen LogP contribution >= 0.6 is 0 Å². The largest absolute Gasteiger partial charge is 0.295 e. The van der Waals surface area contributed by atoms with Crippen LogP contribution in [-0.4, -0.2) is 25.9 Å². The van der Waals surface area contributed by atoms with Crippen LogP contribution in [0.2, 0.25) is 0 Å². The van der Waals surface area contributed by atoms with Crippen LogP contribution in [0.1, 0.15) is 0 Å². The van der Waals surface area contributed by atoms with Crippen molar-refractivity contribution in [2.24, 2.45) is 10.2 Å². The van der Waals surface area contributed by atoms with Crippen LogP contribution in [0.25, 0.3) is 21.5 Å². The zero-order valence-electron chi connectivity index (χ0n) is 15.2. The zero-order valence-corrected chi connectivity index (χ0v) is 16.8. The Kier molecular flexibility index (Phi) is 4.86. The van der Waals surface area contributed by atoms with E-state index in [1.54, 1.807) is 48.5 Å². The summed E-state index contributed by atoms with van der Waals surface area (Å²) in [5.41, 5.74) is 0.504. The molecule has 0 aliphatic carbocycles. The molecule has 0 amide bonds. The molecule has 0 unspecified atom stereocenters. The van der Waals surface area contributed by atoms with Gasteiger partial charge in [-0.05, 0) is 29.7 Å². The summed E-state index contributed by atoms with van der Waals surface area (Å²) < 4.78 is 65.8. The molecule has 0 radical (unpaired) electrons. The molecule has 0 aliphatic heterocycles. The van der Waals surface area contributed by atoms with E-state index < -0.39 is 20.2 Å². The van der Waals surface area contributed by atoms with Gasteiger partial charge in [0.15, 0.2) is 0 Å². The van der Waals surface area contributed by atoms with Gasteiger partial charge in [0.1, 0.15) is 9.79 Å². The lowest BCUT2D eigenvalue weighted by molar-refractivity contribution is 0.482. The number of hydrogen-bond donors (Lipinski definition) is 2. The number of fused-ring (bicyclic) bond motifs is 2. The quantitative estimate of drug-likeness (QED) is 0.341. The van der Waals surface area contributed by atoms with Crippen molar-refractivity contribution in [3.63, 3.8) is 0 Å². The molecule has 0 saturated carbocycles. The van der Waals surface area contributed by atoms with Crippen LogP contribution in [0, 0.1) is 0 Å². The molecule has 30 heavy (non-hydrogen) atoms. The number of benzene rings is 4. The molecule has 10 heteroatoms. The number of hydrogen-bond acceptors (Lipinski definition) is 6. The Morgan fingerprint density at radius 2 is 1.20 bits per heavy atom. The van der Waals surface area contributed by atoms with Crippen LogP contribution in [0.15, 0.2) is 92.8 Å². The van der Waals surface area contributed by atoms with E-state index >= 15 is 0 Å². The van der Waals surface area contributed by atoms with Gasteiger partial charge in [0.2, 0.25) is 0 Å². The first-order valence-electron chi connectivity index (χ1n) is 8.56. The summed E-state index contributed by atoms with van der Waals surface area (Å²) in [6.45, 7) is 0. The molecule has 0 saturated heterocycles. The van der Waals surface area contributed by atoms with E-state index in [1.165, 1.54) is 24.3 Å². The van der Waals surface area contributed by atoms with Gasteiger partial charge in [0, 0.05) is 16.2 Å². The fraction of sp³-hybridized carbons (Fsp3) is 0. The Labute approximate surface area is 172 Å². The van der Waals surface area contributed by atoms with E-state index in [4.69, 9.17) is 0 Å². The van der Waals surface area contributed by atoms with E-state index in [9.17, 15) is 25.9 Å². The predicted molar refractivity (Wildman–Crippen MR) is 112 cm³/mol. The molecule has 4 aromatic rings. The Balaban J connectivity index is 1.88. The molecule has 152 valence electrons. The van der Waals surface area contributed by atoms with Gasteiger partial charge in [-0.3, -0.25) is 9.11 Å². The van der Waals surface area contributed by atoms with Crippen molar-refractivity contribution >= 4 is 53.2 Å². The van der Waals surface area contributed by atoms with Crippen molar-refractivity contribution in [2.75, 3.05) is 0 Å². The third kappa shape index (κ3) is 3.81. The maximum Gasteiger partial charge on any atom is 0.295 e. The predicted octanol–water partition coefficient (Wildman–Crippen LogP) is 4.90. The van der Waals surface area contributed by atoms with Crippen molar-refractivity contribution in [1.29, 1.82) is 0 Å². The van der Waals surface area contributed by atoms with Crippen molar-refractivity contribution in [2.45, 2.75) is 9.79 Å². The van der Waals surface area contributed by atoms with Gasteiger partial charge in [0.05, 0.1) is 11.4 Å². The summed E-state index contributed by atoms with van der Waals surface area (Å²) in [5.74, 6) is 0. The standard InChI is InChI=1S/C20H14N2O6S2/c23-29(24,25)19-10-9-18(16-7-3-4-8-17(16)19)22-21-14-11-13-5-1-2-6-15(13)20(12-14)30(26,27)28/h1-12H,(H,23,24,25)(H,26,27,28). The summed E-state index contributed by atoms with van der Waals surface area (Å²) in [6, 6.07) is 18.5. The lowest BCUT2D eigenvalue weighted by atomic mass is 10.1. The maximum atomic E-state index is 11.8. The molecule has 0 bridgehead atoms. The van der Waals surface area contributed by atoms with Crippen LogP contribution < -0.4 is 0 Å². The Hall–Kier alpha value is -3.18. The summed E-state index contributed by atoms with van der Waals surface area (Å²) >= 11 is 0. The average Bonchev–Trinajstić information content (AvgIpc) is 2.69. The Morgan fingerprint density at radius 3 is 1.87 bits per heavy atom. The number of rotatable bonds is 4.